The second kappa shape index (κ2) is 7.32. The van der Waals surface area contributed by atoms with Gasteiger partial charge in [0.1, 0.15) is 11.3 Å². The molecule has 0 bridgehead atoms. The third kappa shape index (κ3) is 3.70. The van der Waals surface area contributed by atoms with Gasteiger partial charge in [-0.25, -0.2) is 9.48 Å². The van der Waals surface area contributed by atoms with E-state index in [4.69, 9.17) is 10.4 Å². The van der Waals surface area contributed by atoms with E-state index in [0.717, 1.165) is 36.9 Å². The summed E-state index contributed by atoms with van der Waals surface area (Å²) in [5, 5.41) is 27.9. The molecule has 0 atom stereocenters. The van der Waals surface area contributed by atoms with E-state index in [1.54, 1.807) is 10.7 Å². The highest BCUT2D eigenvalue weighted by molar-refractivity contribution is 6.44. The minimum atomic E-state index is -1.07. The molecular weight excluding hydrogens is 347 g/mol. The molecule has 1 saturated carbocycles. The van der Waals surface area contributed by atoms with Crippen LogP contribution in [0.5, 0.6) is 5.75 Å². The summed E-state index contributed by atoms with van der Waals surface area (Å²) < 4.78 is 7.09. The van der Waals surface area contributed by atoms with Crippen LogP contribution in [0.3, 0.4) is 0 Å². The summed E-state index contributed by atoms with van der Waals surface area (Å²) in [6.07, 6.45) is 6.94. The van der Waals surface area contributed by atoms with E-state index in [1.165, 1.54) is 0 Å². The monoisotopic (exact) mass is 370 g/mol. The predicted octanol–water partition coefficient (Wildman–Crippen LogP) is 1.42. The molecular formula is C18H23BN4O4. The third-order valence-corrected chi connectivity index (χ3v) is 5.53. The molecule has 1 aliphatic carbocycles. The highest BCUT2D eigenvalue weighted by Gasteiger charge is 2.29. The fraction of sp³-hybridized carbons (Fsp3) is 0.500. The van der Waals surface area contributed by atoms with Crippen LogP contribution in [0, 0.1) is 0 Å². The Kier molecular flexibility index (Phi) is 4.88. The zero-order valence-corrected chi connectivity index (χ0v) is 15.0. The van der Waals surface area contributed by atoms with Gasteiger partial charge in [-0.05, 0) is 49.6 Å². The Hall–Kier alpha value is -2.39. The number of rotatable bonds is 4. The van der Waals surface area contributed by atoms with E-state index in [-0.39, 0.29) is 23.9 Å². The Labute approximate surface area is 157 Å². The van der Waals surface area contributed by atoms with Crippen molar-refractivity contribution in [2.24, 2.45) is 5.73 Å². The number of aromatic nitrogens is 3. The zero-order valence-electron chi connectivity index (χ0n) is 15.0. The molecule has 2 aromatic rings. The minimum absolute atomic E-state index is 0.0898. The second-order valence-corrected chi connectivity index (χ2v) is 7.46. The summed E-state index contributed by atoms with van der Waals surface area (Å²) in [6, 6.07) is 3.94. The number of hydrogen-bond acceptors (Lipinski definition) is 6. The summed E-state index contributed by atoms with van der Waals surface area (Å²) in [6.45, 7) is 0.285. The lowest BCUT2D eigenvalue weighted by Crippen LogP contribution is -2.28. The van der Waals surface area contributed by atoms with Gasteiger partial charge in [0, 0.05) is 18.2 Å². The number of carbonyl (C=O) groups is 1. The van der Waals surface area contributed by atoms with Gasteiger partial charge in [0.05, 0.1) is 12.2 Å². The van der Waals surface area contributed by atoms with Gasteiger partial charge in [0.25, 0.3) is 0 Å². The van der Waals surface area contributed by atoms with E-state index in [9.17, 15) is 14.9 Å². The fourth-order valence-corrected chi connectivity index (χ4v) is 4.01. The molecule has 0 spiro atoms. The molecule has 4 rings (SSSR count). The van der Waals surface area contributed by atoms with Gasteiger partial charge in [0.15, 0.2) is 0 Å². The van der Waals surface area contributed by atoms with Crippen LogP contribution in [-0.4, -0.2) is 44.3 Å². The quantitative estimate of drug-likeness (QED) is 0.696. The topological polar surface area (TPSA) is 123 Å². The maximum Gasteiger partial charge on any atom is 0.522 e. The number of nitrogens with zero attached hydrogens (tertiary/aromatic N) is 3. The van der Waals surface area contributed by atoms with Crippen molar-refractivity contribution < 1.29 is 19.6 Å². The molecule has 1 fully saturated rings. The van der Waals surface area contributed by atoms with Crippen LogP contribution in [0.1, 0.15) is 58.8 Å². The number of aromatic carboxylic acids is 1. The molecule has 4 N–H and O–H groups in total. The molecule has 1 aromatic carbocycles. The molecule has 0 amide bonds. The van der Waals surface area contributed by atoms with Gasteiger partial charge in [-0.15, -0.1) is 5.10 Å². The van der Waals surface area contributed by atoms with Crippen molar-refractivity contribution in [2.45, 2.75) is 56.9 Å². The average Bonchev–Trinajstić information content (AvgIpc) is 3.10. The van der Waals surface area contributed by atoms with Crippen molar-refractivity contribution >= 4 is 13.1 Å². The molecule has 0 unspecified atom stereocenters. The fourth-order valence-electron chi connectivity index (χ4n) is 4.01. The number of carboxylic acids is 1. The Morgan fingerprint density at radius 2 is 2.11 bits per heavy atom. The van der Waals surface area contributed by atoms with Crippen LogP contribution < -0.4 is 10.4 Å². The number of nitrogens with two attached hydrogens (primary N) is 1. The minimum Gasteiger partial charge on any atom is -0.535 e. The van der Waals surface area contributed by atoms with Gasteiger partial charge >= 0.3 is 13.1 Å². The lowest BCUT2D eigenvalue weighted by Gasteiger charge is -2.24. The standard InChI is InChI=1S/C18H23BN4O4/c20-14-5-3-11(4-6-14)15-10-23(22-21-15)9-13-2-1-12-7-8-19(26)27-17(12)16(13)18(24)25/h1-2,10-11,14,26H,3-9,20H2,(H,24,25). The molecule has 2 aliphatic rings. The van der Waals surface area contributed by atoms with Gasteiger partial charge in [-0.3, -0.25) is 0 Å². The number of hydrogen-bond donors (Lipinski definition) is 3. The predicted molar refractivity (Wildman–Crippen MR) is 98.8 cm³/mol. The van der Waals surface area contributed by atoms with E-state index < -0.39 is 13.1 Å². The molecule has 1 aliphatic heterocycles. The third-order valence-electron chi connectivity index (χ3n) is 5.53. The van der Waals surface area contributed by atoms with Gasteiger partial charge in [-0.1, -0.05) is 17.3 Å². The SMILES string of the molecule is NC1CCC(c2cn(Cc3ccc4c(c3C(=O)O)OB(O)CC4)nn2)CC1. The summed E-state index contributed by atoms with van der Waals surface area (Å²) in [4.78, 5) is 11.9. The van der Waals surface area contributed by atoms with Crippen LogP contribution in [0.4, 0.5) is 0 Å². The van der Waals surface area contributed by atoms with E-state index in [1.807, 2.05) is 12.3 Å². The normalized spacial score (nSPS) is 22.2. The van der Waals surface area contributed by atoms with E-state index >= 15 is 0 Å². The van der Waals surface area contributed by atoms with Crippen molar-refractivity contribution in [1.82, 2.24) is 15.0 Å². The maximum absolute atomic E-state index is 11.9. The van der Waals surface area contributed by atoms with Crippen LogP contribution in [-0.2, 0) is 13.0 Å². The number of benzene rings is 1. The van der Waals surface area contributed by atoms with Gasteiger partial charge < -0.3 is 20.5 Å². The second-order valence-electron chi connectivity index (χ2n) is 7.46. The highest BCUT2D eigenvalue weighted by Crippen LogP contribution is 2.34. The largest absolute Gasteiger partial charge is 0.535 e. The maximum atomic E-state index is 11.9. The van der Waals surface area contributed by atoms with Crippen LogP contribution in [0.2, 0.25) is 6.32 Å². The van der Waals surface area contributed by atoms with Crippen molar-refractivity contribution in [3.63, 3.8) is 0 Å². The molecule has 2 heterocycles. The van der Waals surface area contributed by atoms with Crippen LogP contribution in [0.15, 0.2) is 18.3 Å². The van der Waals surface area contributed by atoms with Crippen molar-refractivity contribution in [2.75, 3.05) is 0 Å². The summed E-state index contributed by atoms with van der Waals surface area (Å²) >= 11 is 0. The number of aryl methyl sites for hydroxylation is 1. The smallest absolute Gasteiger partial charge is 0.522 e. The first-order valence-corrected chi connectivity index (χ1v) is 9.39. The first kappa shape index (κ1) is 18.0. The first-order chi connectivity index (χ1) is 13.0. The van der Waals surface area contributed by atoms with Crippen LogP contribution >= 0.6 is 0 Å². The first-order valence-electron chi connectivity index (χ1n) is 9.39. The summed E-state index contributed by atoms with van der Waals surface area (Å²) in [5.74, 6) is -0.447. The number of fused-ring (bicyclic) bond motifs is 1. The molecule has 9 heteroatoms. The highest BCUT2D eigenvalue weighted by atomic mass is 16.5. The van der Waals surface area contributed by atoms with Crippen molar-refractivity contribution in [1.29, 1.82) is 0 Å². The molecule has 27 heavy (non-hydrogen) atoms. The summed E-state index contributed by atoms with van der Waals surface area (Å²) in [7, 11) is -0.971. The Balaban J connectivity index is 1.58. The lowest BCUT2D eigenvalue weighted by molar-refractivity contribution is 0.0693. The Morgan fingerprint density at radius 3 is 2.85 bits per heavy atom. The Morgan fingerprint density at radius 1 is 1.33 bits per heavy atom. The lowest BCUT2D eigenvalue weighted by atomic mass is 9.78. The average molecular weight is 370 g/mol. The van der Waals surface area contributed by atoms with Gasteiger partial charge in [-0.2, -0.15) is 0 Å². The molecule has 0 saturated heterocycles. The van der Waals surface area contributed by atoms with Crippen molar-refractivity contribution in [3.8, 4) is 5.75 Å². The number of carboxylic acid groups (broad SMARTS) is 1. The molecule has 1 aromatic heterocycles. The molecule has 8 nitrogen and oxygen atoms in total. The van der Waals surface area contributed by atoms with E-state index in [0.29, 0.717) is 24.2 Å². The Bertz CT molecular complexity index is 848. The zero-order chi connectivity index (χ0) is 19.0. The van der Waals surface area contributed by atoms with E-state index in [2.05, 4.69) is 10.3 Å². The molecule has 0 radical (unpaired) electrons. The molecule has 142 valence electrons. The van der Waals surface area contributed by atoms with Gasteiger partial charge in [0.2, 0.25) is 0 Å². The van der Waals surface area contributed by atoms with Crippen LogP contribution in [0.25, 0.3) is 0 Å². The van der Waals surface area contributed by atoms with Crippen molar-refractivity contribution in [3.05, 3.63) is 40.7 Å². The summed E-state index contributed by atoms with van der Waals surface area (Å²) in [5.41, 5.74) is 8.38.